The lowest BCUT2D eigenvalue weighted by Crippen LogP contribution is -1.85. The molecule has 0 spiro atoms. The molecule has 0 N–H and O–H groups in total. The molecular formula is C21H14O2. The fourth-order valence-electron chi connectivity index (χ4n) is 2.95. The van der Waals surface area contributed by atoms with Crippen molar-refractivity contribution in [1.29, 1.82) is 0 Å². The summed E-state index contributed by atoms with van der Waals surface area (Å²) in [7, 11) is 0. The normalized spacial score (nSPS) is 10.8. The lowest BCUT2D eigenvalue weighted by molar-refractivity contribution is 0.112. The smallest absolute Gasteiger partial charge is 0.150 e. The van der Waals surface area contributed by atoms with Gasteiger partial charge in [0.2, 0.25) is 0 Å². The van der Waals surface area contributed by atoms with E-state index in [1.165, 1.54) is 0 Å². The quantitative estimate of drug-likeness (QED) is 0.462. The predicted molar refractivity (Wildman–Crippen MR) is 92.5 cm³/mol. The summed E-state index contributed by atoms with van der Waals surface area (Å²) in [6, 6.07) is 25.6. The van der Waals surface area contributed by atoms with Gasteiger partial charge in [-0.05, 0) is 11.6 Å². The summed E-state index contributed by atoms with van der Waals surface area (Å²) in [6.07, 6.45) is 0.888. The van der Waals surface area contributed by atoms with Crippen LogP contribution in [0.2, 0.25) is 0 Å². The van der Waals surface area contributed by atoms with E-state index in [0.29, 0.717) is 5.56 Å². The summed E-state index contributed by atoms with van der Waals surface area (Å²) in [4.78, 5) is 11.5. The third kappa shape index (κ3) is 2.25. The molecule has 2 heteroatoms. The van der Waals surface area contributed by atoms with Gasteiger partial charge in [0, 0.05) is 22.1 Å². The maximum atomic E-state index is 11.5. The summed E-state index contributed by atoms with van der Waals surface area (Å²) >= 11 is 0. The number of fused-ring (bicyclic) bond motifs is 1. The van der Waals surface area contributed by atoms with Gasteiger partial charge in [0.1, 0.15) is 11.3 Å². The van der Waals surface area contributed by atoms with Crippen LogP contribution in [0.25, 0.3) is 33.4 Å². The minimum absolute atomic E-state index is 0.646. The van der Waals surface area contributed by atoms with Crippen molar-refractivity contribution in [3.05, 3.63) is 84.4 Å². The zero-order chi connectivity index (χ0) is 15.6. The number of benzene rings is 3. The van der Waals surface area contributed by atoms with E-state index >= 15 is 0 Å². The van der Waals surface area contributed by atoms with Crippen LogP contribution in [0.4, 0.5) is 0 Å². The molecule has 0 radical (unpaired) electrons. The van der Waals surface area contributed by atoms with E-state index < -0.39 is 0 Å². The zero-order valence-electron chi connectivity index (χ0n) is 12.4. The van der Waals surface area contributed by atoms with Gasteiger partial charge in [-0.15, -0.1) is 0 Å². The Kier molecular flexibility index (Phi) is 3.28. The number of rotatable bonds is 3. The lowest BCUT2D eigenvalue weighted by atomic mass is 9.96. The second-order valence-electron chi connectivity index (χ2n) is 5.38. The standard InChI is InChI=1S/C21H14O2/c22-14-17-12-7-13-18-19(17)20(15-8-3-1-4-9-15)21(23-18)16-10-5-2-6-11-16/h1-14H. The molecule has 0 saturated carbocycles. The summed E-state index contributed by atoms with van der Waals surface area (Å²) in [5, 5.41) is 0.868. The highest BCUT2D eigenvalue weighted by molar-refractivity contribution is 6.09. The molecule has 0 aliphatic heterocycles. The van der Waals surface area contributed by atoms with Crippen LogP contribution in [0.15, 0.2) is 83.3 Å². The van der Waals surface area contributed by atoms with Gasteiger partial charge in [-0.25, -0.2) is 0 Å². The number of hydrogen-bond donors (Lipinski definition) is 0. The van der Waals surface area contributed by atoms with E-state index in [1.807, 2.05) is 78.9 Å². The van der Waals surface area contributed by atoms with Crippen LogP contribution in [0.5, 0.6) is 0 Å². The Morgan fingerprint density at radius 1 is 0.696 bits per heavy atom. The van der Waals surface area contributed by atoms with Gasteiger partial charge in [-0.3, -0.25) is 4.79 Å². The van der Waals surface area contributed by atoms with Gasteiger partial charge in [-0.2, -0.15) is 0 Å². The Labute approximate surface area is 134 Å². The molecule has 0 bridgehead atoms. The van der Waals surface area contributed by atoms with Crippen LogP contribution in [0.1, 0.15) is 10.4 Å². The molecule has 1 aromatic heterocycles. The van der Waals surface area contributed by atoms with E-state index in [0.717, 1.165) is 39.7 Å². The Bertz CT molecular complexity index is 967. The van der Waals surface area contributed by atoms with Gasteiger partial charge >= 0.3 is 0 Å². The van der Waals surface area contributed by atoms with Crippen molar-refractivity contribution in [2.24, 2.45) is 0 Å². The minimum atomic E-state index is 0.646. The SMILES string of the molecule is O=Cc1cccc2oc(-c3ccccc3)c(-c3ccccc3)c12. The van der Waals surface area contributed by atoms with E-state index in [4.69, 9.17) is 4.42 Å². The van der Waals surface area contributed by atoms with Crippen molar-refractivity contribution in [1.82, 2.24) is 0 Å². The number of furan rings is 1. The molecule has 0 aliphatic rings. The minimum Gasteiger partial charge on any atom is -0.455 e. The van der Waals surface area contributed by atoms with E-state index in [9.17, 15) is 4.79 Å². The third-order valence-corrected chi connectivity index (χ3v) is 3.97. The Balaban J connectivity index is 2.13. The van der Waals surface area contributed by atoms with Crippen molar-refractivity contribution in [2.45, 2.75) is 0 Å². The first-order valence-electron chi connectivity index (χ1n) is 7.50. The Morgan fingerprint density at radius 3 is 2.00 bits per heavy atom. The first kappa shape index (κ1) is 13.5. The van der Waals surface area contributed by atoms with E-state index in [2.05, 4.69) is 0 Å². The number of carbonyl (C=O) groups is 1. The fourth-order valence-corrected chi connectivity index (χ4v) is 2.95. The summed E-state index contributed by atoms with van der Waals surface area (Å²) in [5.41, 5.74) is 4.38. The molecule has 0 aliphatic carbocycles. The number of aldehydes is 1. The molecule has 0 amide bonds. The highest BCUT2D eigenvalue weighted by Gasteiger charge is 2.19. The van der Waals surface area contributed by atoms with Gasteiger partial charge in [-0.1, -0.05) is 72.8 Å². The Hall–Kier alpha value is -3.13. The molecule has 23 heavy (non-hydrogen) atoms. The molecule has 2 nitrogen and oxygen atoms in total. The van der Waals surface area contributed by atoms with E-state index in [1.54, 1.807) is 0 Å². The van der Waals surface area contributed by atoms with Gasteiger partial charge < -0.3 is 4.42 Å². The third-order valence-electron chi connectivity index (χ3n) is 3.97. The predicted octanol–water partition coefficient (Wildman–Crippen LogP) is 5.58. The molecule has 0 saturated heterocycles. The Morgan fingerprint density at radius 2 is 1.35 bits per heavy atom. The summed E-state index contributed by atoms with van der Waals surface area (Å²) < 4.78 is 6.12. The highest BCUT2D eigenvalue weighted by Crippen LogP contribution is 2.41. The molecular weight excluding hydrogens is 284 g/mol. The van der Waals surface area contributed by atoms with Crippen LogP contribution in [-0.2, 0) is 0 Å². The molecule has 0 unspecified atom stereocenters. The maximum absolute atomic E-state index is 11.5. The molecule has 1 heterocycles. The van der Waals surface area contributed by atoms with Crippen LogP contribution in [0.3, 0.4) is 0 Å². The van der Waals surface area contributed by atoms with Crippen molar-refractivity contribution in [3.63, 3.8) is 0 Å². The molecule has 110 valence electrons. The van der Waals surface area contributed by atoms with Crippen molar-refractivity contribution < 1.29 is 9.21 Å². The zero-order valence-corrected chi connectivity index (χ0v) is 12.4. The first-order valence-corrected chi connectivity index (χ1v) is 7.50. The molecule has 4 aromatic rings. The summed E-state index contributed by atoms with van der Waals surface area (Å²) in [6.45, 7) is 0. The van der Waals surface area contributed by atoms with Crippen molar-refractivity contribution in [3.8, 4) is 22.5 Å². The average molecular weight is 298 g/mol. The monoisotopic (exact) mass is 298 g/mol. The molecule has 0 fully saturated rings. The second-order valence-corrected chi connectivity index (χ2v) is 5.38. The summed E-state index contributed by atoms with van der Waals surface area (Å²) in [5.74, 6) is 0.793. The van der Waals surface area contributed by atoms with Crippen LogP contribution < -0.4 is 0 Å². The fraction of sp³-hybridized carbons (Fsp3) is 0. The van der Waals surface area contributed by atoms with Crippen LogP contribution >= 0.6 is 0 Å². The van der Waals surface area contributed by atoms with Crippen molar-refractivity contribution in [2.75, 3.05) is 0 Å². The molecule has 0 atom stereocenters. The second kappa shape index (κ2) is 5.58. The average Bonchev–Trinajstić information content (AvgIpc) is 3.03. The largest absolute Gasteiger partial charge is 0.455 e. The first-order chi connectivity index (χ1) is 11.4. The van der Waals surface area contributed by atoms with Gasteiger partial charge in [0.15, 0.2) is 6.29 Å². The van der Waals surface area contributed by atoms with E-state index in [-0.39, 0.29) is 0 Å². The maximum Gasteiger partial charge on any atom is 0.150 e. The highest BCUT2D eigenvalue weighted by atomic mass is 16.3. The molecule has 3 aromatic carbocycles. The number of hydrogen-bond acceptors (Lipinski definition) is 2. The van der Waals surface area contributed by atoms with Crippen LogP contribution in [-0.4, -0.2) is 6.29 Å². The van der Waals surface area contributed by atoms with Crippen molar-refractivity contribution >= 4 is 17.3 Å². The van der Waals surface area contributed by atoms with Gasteiger partial charge in [0.05, 0.1) is 0 Å². The topological polar surface area (TPSA) is 30.2 Å². The lowest BCUT2D eigenvalue weighted by Gasteiger charge is -2.04. The van der Waals surface area contributed by atoms with Gasteiger partial charge in [0.25, 0.3) is 0 Å². The molecule has 4 rings (SSSR count). The van der Waals surface area contributed by atoms with Crippen LogP contribution in [0, 0.1) is 0 Å². The number of carbonyl (C=O) groups excluding carboxylic acids is 1.